The molecule has 35 heavy (non-hydrogen) atoms. The fraction of sp³-hybridized carbons (Fsp3) is 0.208. The summed E-state index contributed by atoms with van der Waals surface area (Å²) in [5, 5.41) is 27.6. The highest BCUT2D eigenvalue weighted by atomic mass is 35.5. The first-order valence-electron chi connectivity index (χ1n) is 11.3. The molecule has 0 saturated carbocycles. The van der Waals surface area contributed by atoms with E-state index in [9.17, 15) is 4.79 Å². The summed E-state index contributed by atoms with van der Waals surface area (Å²) >= 11 is 0. The molecule has 0 aliphatic carbocycles. The van der Waals surface area contributed by atoms with E-state index in [0.717, 1.165) is 48.2 Å². The Hall–Kier alpha value is -4.02. The van der Waals surface area contributed by atoms with Gasteiger partial charge < -0.3 is 10.6 Å². The summed E-state index contributed by atoms with van der Waals surface area (Å²) in [5.41, 5.74) is 4.42. The maximum absolute atomic E-state index is 12.7. The van der Waals surface area contributed by atoms with E-state index in [0.29, 0.717) is 23.0 Å². The summed E-state index contributed by atoms with van der Waals surface area (Å²) in [6, 6.07) is 15.5. The van der Waals surface area contributed by atoms with Crippen LogP contribution in [-0.4, -0.2) is 54.0 Å². The van der Waals surface area contributed by atoms with Crippen LogP contribution in [-0.2, 0) is 0 Å². The van der Waals surface area contributed by atoms with Crippen molar-refractivity contribution in [3.8, 4) is 17.1 Å². The molecule has 0 bridgehead atoms. The fourth-order valence-corrected chi connectivity index (χ4v) is 4.30. The van der Waals surface area contributed by atoms with E-state index in [1.54, 1.807) is 23.0 Å². The van der Waals surface area contributed by atoms with E-state index in [1.807, 2.05) is 53.5 Å². The van der Waals surface area contributed by atoms with Crippen molar-refractivity contribution in [3.05, 3.63) is 72.7 Å². The third-order valence-corrected chi connectivity index (χ3v) is 6.14. The molecule has 1 saturated heterocycles. The molecular formula is C24H24ClN9O. The number of nitrogens with zero attached hydrogens (tertiary/aromatic N) is 6. The Morgan fingerprint density at radius 1 is 1.03 bits per heavy atom. The number of anilines is 1. The number of halogens is 1. The summed E-state index contributed by atoms with van der Waals surface area (Å²) < 4.78 is 3.62. The Labute approximate surface area is 207 Å². The second kappa shape index (κ2) is 9.69. The van der Waals surface area contributed by atoms with E-state index < -0.39 is 0 Å². The molecule has 5 aromatic rings. The molecule has 10 nitrogen and oxygen atoms in total. The van der Waals surface area contributed by atoms with Crippen LogP contribution in [0.15, 0.2) is 67.1 Å². The topological polar surface area (TPSA) is 118 Å². The van der Waals surface area contributed by atoms with Gasteiger partial charge in [0.05, 0.1) is 35.3 Å². The largest absolute Gasteiger partial charge is 0.319 e. The Kier molecular flexibility index (Phi) is 6.30. The molecule has 0 spiro atoms. The van der Waals surface area contributed by atoms with E-state index in [-0.39, 0.29) is 18.3 Å². The second-order valence-electron chi connectivity index (χ2n) is 8.36. The number of hydrogen-bond donors (Lipinski definition) is 3. The number of amides is 1. The average molecular weight is 490 g/mol. The number of para-hydroxylation sites is 1. The quantitative estimate of drug-likeness (QED) is 0.347. The Bertz CT molecular complexity index is 1450. The van der Waals surface area contributed by atoms with Gasteiger partial charge >= 0.3 is 0 Å². The fourth-order valence-electron chi connectivity index (χ4n) is 4.30. The molecular weight excluding hydrogens is 466 g/mol. The Balaban J connectivity index is 0.00000253. The summed E-state index contributed by atoms with van der Waals surface area (Å²) in [5.74, 6) is -0.182. The highest BCUT2D eigenvalue weighted by Crippen LogP contribution is 2.25. The molecule has 0 radical (unpaired) electrons. The smallest absolute Gasteiger partial charge is 0.255 e. The predicted octanol–water partition coefficient (Wildman–Crippen LogP) is 3.61. The molecule has 1 amide bonds. The van der Waals surface area contributed by atoms with Crippen LogP contribution in [0.25, 0.3) is 28.0 Å². The summed E-state index contributed by atoms with van der Waals surface area (Å²) in [6.07, 6.45) is 7.50. The van der Waals surface area contributed by atoms with Gasteiger partial charge in [-0.3, -0.25) is 14.6 Å². The maximum Gasteiger partial charge on any atom is 0.255 e. The number of rotatable bonds is 5. The normalized spacial score (nSPS) is 14.1. The highest BCUT2D eigenvalue weighted by molar-refractivity contribution is 6.04. The van der Waals surface area contributed by atoms with Gasteiger partial charge in [-0.05, 0) is 56.3 Å². The Morgan fingerprint density at radius 2 is 1.83 bits per heavy atom. The molecule has 1 aliphatic rings. The standard InChI is InChI=1S/C24H23N9O.ClH/c34-24(27-17-13-26-32(14-17)19-9-11-25-12-10-19)16-5-7-18(8-6-16)33-15-22(29-31-33)23-20-3-1-2-4-21(20)28-30-23;/h1-8,13-15,19,25H,9-12H2,(H,27,34)(H,28,30);1H. The molecule has 3 aromatic heterocycles. The van der Waals surface area contributed by atoms with E-state index in [4.69, 9.17) is 0 Å². The predicted molar refractivity (Wildman–Crippen MR) is 135 cm³/mol. The first-order chi connectivity index (χ1) is 16.7. The number of hydrogen-bond acceptors (Lipinski definition) is 6. The van der Waals surface area contributed by atoms with Gasteiger partial charge in [0.25, 0.3) is 5.91 Å². The van der Waals surface area contributed by atoms with Gasteiger partial charge in [-0.2, -0.15) is 10.2 Å². The minimum atomic E-state index is -0.182. The first-order valence-corrected chi connectivity index (χ1v) is 11.3. The van der Waals surface area contributed by atoms with Gasteiger partial charge in [-0.1, -0.05) is 23.4 Å². The molecule has 0 atom stereocenters. The molecule has 1 fully saturated rings. The van der Waals surface area contributed by atoms with Crippen LogP contribution in [0.1, 0.15) is 29.2 Å². The zero-order chi connectivity index (χ0) is 22.9. The lowest BCUT2D eigenvalue weighted by atomic mass is 10.1. The number of H-pyrrole nitrogens is 1. The van der Waals surface area contributed by atoms with Crippen molar-refractivity contribution >= 4 is 34.9 Å². The van der Waals surface area contributed by atoms with Gasteiger partial charge in [0.15, 0.2) is 0 Å². The third kappa shape index (κ3) is 4.53. The van der Waals surface area contributed by atoms with Gasteiger partial charge in [-0.25, -0.2) is 4.68 Å². The molecule has 1 aliphatic heterocycles. The lowest BCUT2D eigenvalue weighted by Gasteiger charge is -2.22. The van der Waals surface area contributed by atoms with Gasteiger partial charge in [0.1, 0.15) is 11.4 Å². The zero-order valence-corrected chi connectivity index (χ0v) is 19.6. The molecule has 4 heterocycles. The number of benzene rings is 2. The number of carbonyl (C=O) groups excluding carboxylic acids is 1. The maximum atomic E-state index is 12.7. The second-order valence-corrected chi connectivity index (χ2v) is 8.36. The minimum absolute atomic E-state index is 0. The van der Waals surface area contributed by atoms with E-state index in [1.165, 1.54) is 0 Å². The summed E-state index contributed by atoms with van der Waals surface area (Å²) in [6.45, 7) is 1.98. The lowest BCUT2D eigenvalue weighted by molar-refractivity contribution is 0.102. The van der Waals surface area contributed by atoms with Crippen LogP contribution >= 0.6 is 12.4 Å². The van der Waals surface area contributed by atoms with Crippen molar-refractivity contribution in [1.29, 1.82) is 0 Å². The highest BCUT2D eigenvalue weighted by Gasteiger charge is 2.17. The average Bonchev–Trinajstić information content (AvgIpc) is 3.64. The number of piperidine rings is 1. The number of carbonyl (C=O) groups is 1. The van der Waals surface area contributed by atoms with Gasteiger partial charge in [-0.15, -0.1) is 17.5 Å². The van der Waals surface area contributed by atoms with Crippen LogP contribution < -0.4 is 10.6 Å². The van der Waals surface area contributed by atoms with Crippen molar-refractivity contribution in [1.82, 2.24) is 40.3 Å². The van der Waals surface area contributed by atoms with Crippen molar-refractivity contribution in [2.45, 2.75) is 18.9 Å². The van der Waals surface area contributed by atoms with Crippen molar-refractivity contribution in [2.24, 2.45) is 0 Å². The number of nitrogens with one attached hydrogen (secondary N) is 3. The van der Waals surface area contributed by atoms with E-state index >= 15 is 0 Å². The minimum Gasteiger partial charge on any atom is -0.319 e. The monoisotopic (exact) mass is 489 g/mol. The van der Waals surface area contributed by atoms with Crippen molar-refractivity contribution in [2.75, 3.05) is 18.4 Å². The summed E-state index contributed by atoms with van der Waals surface area (Å²) in [7, 11) is 0. The van der Waals surface area contributed by atoms with Crippen LogP contribution in [0.4, 0.5) is 5.69 Å². The van der Waals surface area contributed by atoms with Crippen LogP contribution in [0.5, 0.6) is 0 Å². The third-order valence-electron chi connectivity index (χ3n) is 6.14. The SMILES string of the molecule is Cl.O=C(Nc1cnn(C2CCNCC2)c1)c1ccc(-n2cc(-c3n[nH]c4ccccc34)nn2)cc1. The number of fused-ring (bicyclic) bond motifs is 1. The molecule has 178 valence electrons. The molecule has 11 heteroatoms. The zero-order valence-electron chi connectivity index (χ0n) is 18.8. The number of aromatic amines is 1. The summed E-state index contributed by atoms with van der Waals surface area (Å²) in [4.78, 5) is 12.7. The van der Waals surface area contributed by atoms with E-state index in [2.05, 4.69) is 36.2 Å². The van der Waals surface area contributed by atoms with Crippen LogP contribution in [0.2, 0.25) is 0 Å². The molecule has 6 rings (SSSR count). The lowest BCUT2D eigenvalue weighted by Crippen LogP contribution is -2.29. The molecule has 3 N–H and O–H groups in total. The Morgan fingerprint density at radius 3 is 2.66 bits per heavy atom. The van der Waals surface area contributed by atoms with Crippen LogP contribution in [0, 0.1) is 0 Å². The van der Waals surface area contributed by atoms with Gasteiger partial charge in [0.2, 0.25) is 0 Å². The first kappa shape index (κ1) is 22.8. The molecule has 2 aromatic carbocycles. The molecule has 0 unspecified atom stereocenters. The van der Waals surface area contributed by atoms with Crippen molar-refractivity contribution < 1.29 is 4.79 Å². The van der Waals surface area contributed by atoms with Gasteiger partial charge in [0, 0.05) is 17.1 Å². The van der Waals surface area contributed by atoms with Crippen LogP contribution in [0.3, 0.4) is 0 Å². The number of aromatic nitrogens is 7. The van der Waals surface area contributed by atoms with Crippen molar-refractivity contribution in [3.63, 3.8) is 0 Å².